The zero-order valence-corrected chi connectivity index (χ0v) is 13.4. The Hall–Kier alpha value is -3.21. The highest BCUT2D eigenvalue weighted by Crippen LogP contribution is 2.27. The molecule has 4 nitrogen and oxygen atoms in total. The van der Waals surface area contributed by atoms with E-state index in [0.29, 0.717) is 24.1 Å². The van der Waals surface area contributed by atoms with Gasteiger partial charge >= 0.3 is 0 Å². The Morgan fingerprint density at radius 2 is 1.80 bits per heavy atom. The molecule has 0 unspecified atom stereocenters. The largest absolute Gasteiger partial charge is 0.507 e. The first-order valence-corrected chi connectivity index (χ1v) is 7.91. The third kappa shape index (κ3) is 4.01. The average Bonchev–Trinajstić information content (AvgIpc) is 2.64. The Balaban J connectivity index is 1.61. The third-order valence-corrected chi connectivity index (χ3v) is 3.85. The maximum Gasteiger partial charge on any atom is 0.269 e. The lowest BCUT2D eigenvalue weighted by Gasteiger charge is -2.07. The van der Waals surface area contributed by atoms with Crippen LogP contribution in [0.5, 0.6) is 5.75 Å². The number of nitrogens with one attached hydrogen (secondary N) is 1. The van der Waals surface area contributed by atoms with Gasteiger partial charge in [-0.1, -0.05) is 42.5 Å². The minimum atomic E-state index is -0.319. The zero-order valence-electron chi connectivity index (χ0n) is 13.4. The fourth-order valence-corrected chi connectivity index (χ4v) is 2.51. The van der Waals surface area contributed by atoms with E-state index in [1.807, 2.05) is 6.07 Å². The van der Waals surface area contributed by atoms with Crippen molar-refractivity contribution in [1.82, 2.24) is 10.3 Å². The van der Waals surface area contributed by atoms with Crippen LogP contribution < -0.4 is 5.32 Å². The number of hydrogen-bond acceptors (Lipinski definition) is 3. The minimum absolute atomic E-state index is 0.159. The van der Waals surface area contributed by atoms with Crippen LogP contribution in [-0.2, 0) is 6.42 Å². The summed E-state index contributed by atoms with van der Waals surface area (Å²) in [6.07, 6.45) is 1.95. The lowest BCUT2D eigenvalue weighted by atomic mass is 10.1. The Bertz CT molecular complexity index is 879. The highest BCUT2D eigenvalue weighted by molar-refractivity contribution is 5.92. The molecule has 25 heavy (non-hydrogen) atoms. The second-order valence-electron chi connectivity index (χ2n) is 5.55. The summed E-state index contributed by atoms with van der Waals surface area (Å²) in [5.41, 5.74) is 2.21. The number of halogens is 1. The molecule has 0 aliphatic carbocycles. The topological polar surface area (TPSA) is 62.2 Å². The Labute approximate surface area is 145 Å². The summed E-state index contributed by atoms with van der Waals surface area (Å²) < 4.78 is 13.5. The monoisotopic (exact) mass is 336 g/mol. The zero-order chi connectivity index (χ0) is 17.6. The molecule has 0 atom stereocenters. The summed E-state index contributed by atoms with van der Waals surface area (Å²) in [5.74, 6) is -0.437. The van der Waals surface area contributed by atoms with Crippen molar-refractivity contribution in [3.05, 3.63) is 83.9 Å². The number of benzene rings is 2. The van der Waals surface area contributed by atoms with Gasteiger partial charge in [0, 0.05) is 23.9 Å². The average molecular weight is 336 g/mol. The highest BCUT2D eigenvalue weighted by atomic mass is 19.1. The maximum atomic E-state index is 13.5. The van der Waals surface area contributed by atoms with Gasteiger partial charge in [0.05, 0.1) is 0 Å². The number of hydrogen-bond donors (Lipinski definition) is 2. The standard InChI is InChI=1S/C20H17FN2O2/c21-17-7-3-1-5-14(17)11-12-22-20(25)18-10-9-15(13-23-18)16-6-2-4-8-19(16)24/h1-10,13,24H,11-12H2,(H,22,25). The van der Waals surface area contributed by atoms with Gasteiger partial charge in [0.2, 0.25) is 0 Å². The number of nitrogens with zero attached hydrogens (tertiary/aromatic N) is 1. The van der Waals surface area contributed by atoms with Gasteiger partial charge in [-0.2, -0.15) is 0 Å². The highest BCUT2D eigenvalue weighted by Gasteiger charge is 2.09. The summed E-state index contributed by atoms with van der Waals surface area (Å²) in [7, 11) is 0. The van der Waals surface area contributed by atoms with Gasteiger partial charge in [-0.05, 0) is 30.2 Å². The van der Waals surface area contributed by atoms with Gasteiger partial charge < -0.3 is 10.4 Å². The molecular formula is C20H17FN2O2. The number of pyridine rings is 1. The van der Waals surface area contributed by atoms with Crippen molar-refractivity contribution in [2.24, 2.45) is 0 Å². The van der Waals surface area contributed by atoms with Gasteiger partial charge in [-0.3, -0.25) is 9.78 Å². The van der Waals surface area contributed by atoms with Crippen molar-refractivity contribution in [3.63, 3.8) is 0 Å². The van der Waals surface area contributed by atoms with E-state index in [9.17, 15) is 14.3 Å². The van der Waals surface area contributed by atoms with Crippen molar-refractivity contribution >= 4 is 5.91 Å². The van der Waals surface area contributed by atoms with Crippen molar-refractivity contribution in [2.45, 2.75) is 6.42 Å². The van der Waals surface area contributed by atoms with Gasteiger partial charge in [-0.15, -0.1) is 0 Å². The first kappa shape index (κ1) is 16.6. The lowest BCUT2D eigenvalue weighted by Crippen LogP contribution is -2.26. The number of phenols is 1. The molecule has 3 rings (SSSR count). The predicted molar refractivity (Wildman–Crippen MR) is 93.8 cm³/mol. The van der Waals surface area contributed by atoms with Crippen molar-refractivity contribution in [1.29, 1.82) is 0 Å². The van der Waals surface area contributed by atoms with Crippen LogP contribution in [0.2, 0.25) is 0 Å². The summed E-state index contributed by atoms with van der Waals surface area (Å²) in [6, 6.07) is 16.7. The molecule has 0 fully saturated rings. The van der Waals surface area contributed by atoms with Gasteiger partial charge in [0.15, 0.2) is 0 Å². The van der Waals surface area contributed by atoms with Gasteiger partial charge in [0.1, 0.15) is 17.3 Å². The van der Waals surface area contributed by atoms with Crippen LogP contribution in [0.25, 0.3) is 11.1 Å². The van der Waals surface area contributed by atoms with E-state index >= 15 is 0 Å². The fraction of sp³-hybridized carbons (Fsp3) is 0.100. The number of phenolic OH excluding ortho intramolecular Hbond substituents is 1. The first-order valence-electron chi connectivity index (χ1n) is 7.91. The van der Waals surface area contributed by atoms with Crippen LogP contribution in [0.4, 0.5) is 4.39 Å². The number of aromatic hydroxyl groups is 1. The molecule has 1 aromatic heterocycles. The molecule has 1 amide bonds. The molecular weight excluding hydrogens is 319 g/mol. The van der Waals surface area contributed by atoms with Crippen molar-refractivity contribution in [2.75, 3.05) is 6.54 Å². The molecule has 2 aromatic carbocycles. The molecule has 0 saturated heterocycles. The molecule has 1 heterocycles. The molecule has 0 saturated carbocycles. The number of aromatic nitrogens is 1. The fourth-order valence-electron chi connectivity index (χ4n) is 2.51. The Kier molecular flexibility index (Phi) is 5.04. The van der Waals surface area contributed by atoms with E-state index in [4.69, 9.17) is 0 Å². The second kappa shape index (κ2) is 7.57. The second-order valence-corrected chi connectivity index (χ2v) is 5.55. The molecule has 0 spiro atoms. The third-order valence-electron chi connectivity index (χ3n) is 3.85. The maximum absolute atomic E-state index is 13.5. The number of para-hydroxylation sites is 1. The normalized spacial score (nSPS) is 10.4. The Morgan fingerprint density at radius 1 is 1.04 bits per heavy atom. The van der Waals surface area contributed by atoms with Crippen molar-refractivity contribution < 1.29 is 14.3 Å². The van der Waals surface area contributed by atoms with Crippen LogP contribution in [-0.4, -0.2) is 22.5 Å². The molecule has 5 heteroatoms. The Morgan fingerprint density at radius 3 is 2.52 bits per heavy atom. The summed E-state index contributed by atoms with van der Waals surface area (Å²) >= 11 is 0. The number of carbonyl (C=O) groups is 1. The van der Waals surface area contributed by atoms with Crippen LogP contribution >= 0.6 is 0 Å². The summed E-state index contributed by atoms with van der Waals surface area (Å²) in [5, 5.41) is 12.6. The SMILES string of the molecule is O=C(NCCc1ccccc1F)c1ccc(-c2ccccc2O)cn1. The first-order chi connectivity index (χ1) is 12.1. The predicted octanol–water partition coefficient (Wildman–Crippen LogP) is 3.57. The number of rotatable bonds is 5. The van der Waals surface area contributed by atoms with Gasteiger partial charge in [-0.25, -0.2) is 4.39 Å². The molecule has 0 bridgehead atoms. The van der Waals surface area contributed by atoms with Crippen LogP contribution in [0.15, 0.2) is 66.9 Å². The lowest BCUT2D eigenvalue weighted by molar-refractivity contribution is 0.0949. The molecule has 126 valence electrons. The molecule has 0 aliphatic rings. The quantitative estimate of drug-likeness (QED) is 0.749. The molecule has 2 N–H and O–H groups in total. The number of carbonyl (C=O) groups excluding carboxylic acids is 1. The summed E-state index contributed by atoms with van der Waals surface area (Å²) in [6.45, 7) is 0.322. The van der Waals surface area contributed by atoms with E-state index in [1.165, 1.54) is 6.07 Å². The molecule has 3 aromatic rings. The van der Waals surface area contributed by atoms with E-state index < -0.39 is 0 Å². The molecule has 0 aliphatic heterocycles. The minimum Gasteiger partial charge on any atom is -0.507 e. The van der Waals surface area contributed by atoms with Crippen LogP contribution in [0, 0.1) is 5.82 Å². The van der Waals surface area contributed by atoms with Crippen LogP contribution in [0.1, 0.15) is 16.1 Å². The van der Waals surface area contributed by atoms with Crippen molar-refractivity contribution in [3.8, 4) is 16.9 Å². The van der Waals surface area contributed by atoms with E-state index in [-0.39, 0.29) is 23.2 Å². The van der Waals surface area contributed by atoms with E-state index in [0.717, 1.165) is 5.56 Å². The van der Waals surface area contributed by atoms with E-state index in [2.05, 4.69) is 10.3 Å². The van der Waals surface area contributed by atoms with Gasteiger partial charge in [0.25, 0.3) is 5.91 Å². The van der Waals surface area contributed by atoms with E-state index in [1.54, 1.807) is 54.7 Å². The smallest absolute Gasteiger partial charge is 0.269 e. The molecule has 0 radical (unpaired) electrons. The van der Waals surface area contributed by atoms with Crippen LogP contribution in [0.3, 0.4) is 0 Å². The number of amides is 1. The summed E-state index contributed by atoms with van der Waals surface area (Å²) in [4.78, 5) is 16.3.